The molecule has 1 aromatic rings. The Kier molecular flexibility index (Phi) is 6.31. The number of rotatable bonds is 6. The quantitative estimate of drug-likeness (QED) is 0.797. The Morgan fingerprint density at radius 2 is 2.00 bits per heavy atom. The van der Waals surface area contributed by atoms with Crippen molar-refractivity contribution in [2.24, 2.45) is 11.7 Å². The van der Waals surface area contributed by atoms with Gasteiger partial charge in [-0.05, 0) is 38.3 Å². The number of nitrogens with one attached hydrogen (secondary N) is 1. The highest BCUT2D eigenvalue weighted by Gasteiger charge is 2.33. The monoisotopic (exact) mass is 357 g/mol. The Hall–Kier alpha value is -1.51. The zero-order valence-electron chi connectivity index (χ0n) is 13.7. The maximum absolute atomic E-state index is 13.8. The van der Waals surface area contributed by atoms with Crippen LogP contribution in [0.25, 0.3) is 0 Å². The van der Waals surface area contributed by atoms with E-state index in [0.717, 1.165) is 6.07 Å². The zero-order chi connectivity index (χ0) is 17.7. The lowest BCUT2D eigenvalue weighted by Gasteiger charge is -2.30. The largest absolute Gasteiger partial charge is 0.356 e. The molecule has 0 aliphatic carbocycles. The van der Waals surface area contributed by atoms with Crippen molar-refractivity contribution in [3.63, 3.8) is 0 Å². The summed E-state index contributed by atoms with van der Waals surface area (Å²) in [6.07, 6.45) is 1.56. The molecule has 0 spiro atoms. The summed E-state index contributed by atoms with van der Waals surface area (Å²) in [5.74, 6) is -1.04. The Balaban J connectivity index is 1.93. The molecule has 2 rings (SSSR count). The zero-order valence-corrected chi connectivity index (χ0v) is 14.6. The molecule has 24 heavy (non-hydrogen) atoms. The molecule has 0 saturated carbocycles. The van der Waals surface area contributed by atoms with Crippen molar-refractivity contribution in [3.05, 3.63) is 30.1 Å². The van der Waals surface area contributed by atoms with Crippen molar-refractivity contribution >= 4 is 15.9 Å². The Morgan fingerprint density at radius 1 is 1.38 bits per heavy atom. The van der Waals surface area contributed by atoms with Gasteiger partial charge in [0.15, 0.2) is 0 Å². The van der Waals surface area contributed by atoms with Crippen LogP contribution in [0.3, 0.4) is 0 Å². The van der Waals surface area contributed by atoms with Gasteiger partial charge < -0.3 is 11.1 Å². The van der Waals surface area contributed by atoms with Crippen molar-refractivity contribution in [2.75, 3.05) is 19.6 Å². The summed E-state index contributed by atoms with van der Waals surface area (Å²) in [4.78, 5) is 11.8. The molecule has 1 heterocycles. The Labute approximate surface area is 142 Å². The van der Waals surface area contributed by atoms with Gasteiger partial charge in [-0.2, -0.15) is 4.31 Å². The van der Waals surface area contributed by atoms with Crippen LogP contribution in [0, 0.1) is 11.7 Å². The molecule has 1 aliphatic rings. The first kappa shape index (κ1) is 18.8. The van der Waals surface area contributed by atoms with Crippen LogP contribution in [-0.4, -0.2) is 44.3 Å². The maximum Gasteiger partial charge on any atom is 0.245 e. The standard InChI is InChI=1S/C16H24FN3O3S/c1-12(18)6-9-19-16(21)13-7-10-20(11-8-13)24(22,23)15-5-3-2-4-14(15)17/h2-5,12-13H,6-11,18H2,1H3,(H,19,21). The number of hydrogen-bond acceptors (Lipinski definition) is 4. The molecule has 1 aliphatic heterocycles. The van der Waals surface area contributed by atoms with Crippen molar-refractivity contribution < 1.29 is 17.6 Å². The minimum Gasteiger partial charge on any atom is -0.356 e. The van der Waals surface area contributed by atoms with Gasteiger partial charge in [0, 0.05) is 31.6 Å². The third-order valence-corrected chi connectivity index (χ3v) is 6.11. The van der Waals surface area contributed by atoms with Gasteiger partial charge in [0.1, 0.15) is 10.7 Å². The van der Waals surface area contributed by atoms with Gasteiger partial charge in [-0.25, -0.2) is 12.8 Å². The molecule has 3 N–H and O–H groups in total. The number of carbonyl (C=O) groups excluding carboxylic acids is 1. The van der Waals surface area contributed by atoms with Crippen LogP contribution in [-0.2, 0) is 14.8 Å². The van der Waals surface area contributed by atoms with E-state index in [2.05, 4.69) is 5.32 Å². The number of halogens is 1. The predicted molar refractivity (Wildman–Crippen MR) is 89.2 cm³/mol. The maximum atomic E-state index is 13.8. The van der Waals surface area contributed by atoms with E-state index in [1.165, 1.54) is 22.5 Å². The lowest BCUT2D eigenvalue weighted by molar-refractivity contribution is -0.126. The van der Waals surface area contributed by atoms with Crippen LogP contribution in [0.5, 0.6) is 0 Å². The summed E-state index contributed by atoms with van der Waals surface area (Å²) < 4.78 is 40.0. The average molecular weight is 357 g/mol. The molecule has 1 aromatic carbocycles. The molecular formula is C16H24FN3O3S. The summed E-state index contributed by atoms with van der Waals surface area (Å²) in [5.41, 5.74) is 5.64. The number of benzene rings is 1. The van der Waals surface area contributed by atoms with Crippen LogP contribution in [0.1, 0.15) is 26.2 Å². The van der Waals surface area contributed by atoms with Crippen molar-refractivity contribution in [2.45, 2.75) is 37.1 Å². The Bertz CT molecular complexity index is 671. The second kappa shape index (κ2) is 8.04. The van der Waals surface area contributed by atoms with Gasteiger partial charge in [0.05, 0.1) is 0 Å². The fraction of sp³-hybridized carbons (Fsp3) is 0.562. The molecule has 0 aromatic heterocycles. The molecule has 1 atom stereocenters. The van der Waals surface area contributed by atoms with Crippen LogP contribution in [0.15, 0.2) is 29.2 Å². The number of hydrogen-bond donors (Lipinski definition) is 2. The summed E-state index contributed by atoms with van der Waals surface area (Å²) >= 11 is 0. The first-order valence-electron chi connectivity index (χ1n) is 8.10. The second-order valence-corrected chi connectivity index (χ2v) is 8.07. The van der Waals surface area contributed by atoms with Crippen LogP contribution in [0.2, 0.25) is 0 Å². The van der Waals surface area contributed by atoms with E-state index in [-0.39, 0.29) is 35.9 Å². The van der Waals surface area contributed by atoms with Gasteiger partial charge >= 0.3 is 0 Å². The SMILES string of the molecule is CC(N)CCNC(=O)C1CCN(S(=O)(=O)c2ccccc2F)CC1. The van der Waals surface area contributed by atoms with Crippen molar-refractivity contribution in [1.82, 2.24) is 9.62 Å². The number of sulfonamides is 1. The van der Waals surface area contributed by atoms with Crippen LogP contribution < -0.4 is 11.1 Å². The second-order valence-electron chi connectivity index (χ2n) is 6.17. The number of piperidine rings is 1. The number of nitrogens with two attached hydrogens (primary N) is 1. The fourth-order valence-electron chi connectivity index (χ4n) is 2.72. The van der Waals surface area contributed by atoms with Crippen LogP contribution >= 0.6 is 0 Å². The highest BCUT2D eigenvalue weighted by atomic mass is 32.2. The molecule has 1 unspecified atom stereocenters. The van der Waals surface area contributed by atoms with E-state index >= 15 is 0 Å². The van der Waals surface area contributed by atoms with Crippen LogP contribution in [0.4, 0.5) is 4.39 Å². The van der Waals surface area contributed by atoms with Gasteiger partial charge in [-0.1, -0.05) is 12.1 Å². The van der Waals surface area contributed by atoms with Crippen molar-refractivity contribution in [1.29, 1.82) is 0 Å². The summed E-state index contributed by atoms with van der Waals surface area (Å²) in [6, 6.07) is 5.36. The lowest BCUT2D eigenvalue weighted by atomic mass is 9.97. The molecular weight excluding hydrogens is 333 g/mol. The molecule has 1 fully saturated rings. The summed E-state index contributed by atoms with van der Waals surface area (Å²) in [7, 11) is -3.86. The van der Waals surface area contributed by atoms with E-state index in [4.69, 9.17) is 5.73 Å². The molecule has 0 bridgehead atoms. The minimum atomic E-state index is -3.86. The van der Waals surface area contributed by atoms with E-state index in [1.807, 2.05) is 6.92 Å². The molecule has 6 nitrogen and oxygen atoms in total. The van der Waals surface area contributed by atoms with E-state index in [9.17, 15) is 17.6 Å². The smallest absolute Gasteiger partial charge is 0.245 e. The number of nitrogens with zero attached hydrogens (tertiary/aromatic N) is 1. The van der Waals surface area contributed by atoms with Crippen molar-refractivity contribution in [3.8, 4) is 0 Å². The van der Waals surface area contributed by atoms with E-state index in [0.29, 0.717) is 25.8 Å². The normalized spacial score (nSPS) is 18.3. The number of amides is 1. The molecule has 0 radical (unpaired) electrons. The lowest BCUT2D eigenvalue weighted by Crippen LogP contribution is -2.43. The summed E-state index contributed by atoms with van der Waals surface area (Å²) in [5, 5.41) is 2.83. The highest BCUT2D eigenvalue weighted by Crippen LogP contribution is 2.25. The third kappa shape index (κ3) is 4.52. The fourth-order valence-corrected chi connectivity index (χ4v) is 4.25. The molecule has 134 valence electrons. The van der Waals surface area contributed by atoms with Gasteiger partial charge in [0.25, 0.3) is 0 Å². The first-order chi connectivity index (χ1) is 11.3. The van der Waals surface area contributed by atoms with E-state index in [1.54, 1.807) is 0 Å². The minimum absolute atomic E-state index is 0.0260. The topological polar surface area (TPSA) is 92.5 Å². The van der Waals surface area contributed by atoms with Gasteiger partial charge in [0.2, 0.25) is 15.9 Å². The van der Waals surface area contributed by atoms with Gasteiger partial charge in [-0.15, -0.1) is 0 Å². The number of carbonyl (C=O) groups is 1. The molecule has 8 heteroatoms. The predicted octanol–water partition coefficient (Wildman–Crippen LogP) is 1.08. The average Bonchev–Trinajstić information content (AvgIpc) is 2.54. The summed E-state index contributed by atoms with van der Waals surface area (Å²) in [6.45, 7) is 2.81. The Morgan fingerprint density at radius 3 is 2.58 bits per heavy atom. The molecule has 1 saturated heterocycles. The first-order valence-corrected chi connectivity index (χ1v) is 9.54. The van der Waals surface area contributed by atoms with E-state index < -0.39 is 15.8 Å². The highest BCUT2D eigenvalue weighted by molar-refractivity contribution is 7.89. The third-order valence-electron chi connectivity index (χ3n) is 4.18. The molecule has 1 amide bonds. The van der Waals surface area contributed by atoms with Gasteiger partial charge in [-0.3, -0.25) is 4.79 Å².